The highest BCUT2D eigenvalue weighted by molar-refractivity contribution is 5.93. The van der Waals surface area contributed by atoms with Crippen LogP contribution >= 0.6 is 0 Å². The fraction of sp³-hybridized carbons (Fsp3) is 0.450. The zero-order valence-electron chi connectivity index (χ0n) is 16.9. The van der Waals surface area contributed by atoms with Crippen LogP contribution < -0.4 is 5.32 Å². The van der Waals surface area contributed by atoms with Crippen LogP contribution in [0.4, 0.5) is 27.8 Å². The van der Waals surface area contributed by atoms with Crippen LogP contribution in [0.25, 0.3) is 11.0 Å². The summed E-state index contributed by atoms with van der Waals surface area (Å²) in [6.45, 7) is 4.83. The first-order valence-electron chi connectivity index (χ1n) is 9.47. The molecule has 0 aliphatic heterocycles. The minimum atomic E-state index is -4.59. The van der Waals surface area contributed by atoms with E-state index in [1.54, 1.807) is 30.5 Å². The number of rotatable bonds is 5. The number of halogens is 5. The third-order valence-electron chi connectivity index (χ3n) is 5.63. The Hall–Kier alpha value is -2.98. The summed E-state index contributed by atoms with van der Waals surface area (Å²) in [7, 11) is 0. The van der Waals surface area contributed by atoms with Gasteiger partial charge in [-0.2, -0.15) is 13.2 Å². The number of carbonyl (C=O) groups excluding carboxylic acids is 1. The van der Waals surface area contributed by atoms with Crippen molar-refractivity contribution in [1.29, 1.82) is 0 Å². The van der Waals surface area contributed by atoms with Gasteiger partial charge in [0.1, 0.15) is 5.82 Å². The highest BCUT2D eigenvalue weighted by atomic mass is 19.4. The molecule has 1 amide bonds. The number of fused-ring (bicyclic) bond motifs is 1. The molecule has 3 heterocycles. The zero-order chi connectivity index (χ0) is 22.8. The lowest BCUT2D eigenvalue weighted by atomic mass is 10.0. The van der Waals surface area contributed by atoms with E-state index >= 15 is 0 Å². The molecule has 1 aliphatic carbocycles. The molecule has 1 aliphatic rings. The quantitative estimate of drug-likeness (QED) is 0.559. The Morgan fingerprint density at radius 3 is 2.52 bits per heavy atom. The molecule has 166 valence electrons. The van der Waals surface area contributed by atoms with Crippen molar-refractivity contribution in [3.05, 3.63) is 40.9 Å². The third-order valence-corrected chi connectivity index (χ3v) is 5.63. The van der Waals surface area contributed by atoms with E-state index in [1.807, 2.05) is 0 Å². The first kappa shape index (κ1) is 21.3. The standard InChI is InChI=1S/C20H19F5N4O2/c1-10-4-14-13(26-17(10)27-16(30)7-18(3)9-19(18,21)22)5-11(2)29(14)8-12-6-15(28-31-12)20(23,24)25/h4-6H,7-9H2,1-3H3,(H,26,27,30)/t18-/m0/s1. The van der Waals surface area contributed by atoms with Crippen molar-refractivity contribution in [3.8, 4) is 0 Å². The van der Waals surface area contributed by atoms with E-state index in [9.17, 15) is 26.7 Å². The molecule has 1 saturated carbocycles. The van der Waals surface area contributed by atoms with E-state index in [4.69, 9.17) is 4.52 Å². The molecule has 6 nitrogen and oxygen atoms in total. The second-order valence-electron chi connectivity index (χ2n) is 8.27. The number of aromatic nitrogens is 3. The van der Waals surface area contributed by atoms with Crippen molar-refractivity contribution in [1.82, 2.24) is 14.7 Å². The highest BCUT2D eigenvalue weighted by Gasteiger charge is 2.68. The molecule has 1 atom stereocenters. The number of carbonyl (C=O) groups is 1. The maximum atomic E-state index is 13.4. The van der Waals surface area contributed by atoms with E-state index in [2.05, 4.69) is 15.5 Å². The van der Waals surface area contributed by atoms with Crippen LogP contribution in [-0.4, -0.2) is 26.5 Å². The van der Waals surface area contributed by atoms with E-state index in [1.165, 1.54) is 6.92 Å². The lowest BCUT2D eigenvalue weighted by Crippen LogP contribution is -2.20. The molecule has 0 saturated heterocycles. The van der Waals surface area contributed by atoms with E-state index in [-0.39, 0.29) is 31.0 Å². The Morgan fingerprint density at radius 2 is 1.94 bits per heavy atom. The molecule has 0 radical (unpaired) electrons. The predicted molar refractivity (Wildman–Crippen MR) is 101 cm³/mol. The number of anilines is 1. The van der Waals surface area contributed by atoms with E-state index in [0.717, 1.165) is 6.07 Å². The maximum Gasteiger partial charge on any atom is 0.436 e. The van der Waals surface area contributed by atoms with Gasteiger partial charge in [0.15, 0.2) is 11.5 Å². The first-order chi connectivity index (χ1) is 14.3. The van der Waals surface area contributed by atoms with Crippen molar-refractivity contribution in [2.75, 3.05) is 5.32 Å². The Morgan fingerprint density at radius 1 is 1.26 bits per heavy atom. The first-order valence-corrected chi connectivity index (χ1v) is 9.47. The van der Waals surface area contributed by atoms with Gasteiger partial charge in [0.2, 0.25) is 5.91 Å². The lowest BCUT2D eigenvalue weighted by molar-refractivity contribution is -0.142. The van der Waals surface area contributed by atoms with Gasteiger partial charge in [-0.3, -0.25) is 4.79 Å². The van der Waals surface area contributed by atoms with E-state index < -0.39 is 29.1 Å². The maximum absolute atomic E-state index is 13.4. The second kappa shape index (κ2) is 6.76. The fourth-order valence-corrected chi connectivity index (χ4v) is 3.58. The monoisotopic (exact) mass is 442 g/mol. The van der Waals surface area contributed by atoms with Gasteiger partial charge in [-0.15, -0.1) is 0 Å². The summed E-state index contributed by atoms with van der Waals surface area (Å²) in [5.74, 6) is -3.10. The average molecular weight is 442 g/mol. The molecule has 0 spiro atoms. The molecular weight excluding hydrogens is 423 g/mol. The summed E-state index contributed by atoms with van der Waals surface area (Å²) in [4.78, 5) is 16.6. The van der Waals surface area contributed by atoms with Crippen LogP contribution in [0.2, 0.25) is 0 Å². The number of amides is 1. The highest BCUT2D eigenvalue weighted by Crippen LogP contribution is 2.62. The van der Waals surface area contributed by atoms with Crippen LogP contribution in [0.15, 0.2) is 22.7 Å². The van der Waals surface area contributed by atoms with Gasteiger partial charge in [-0.05, 0) is 31.5 Å². The van der Waals surface area contributed by atoms with Gasteiger partial charge < -0.3 is 14.4 Å². The molecule has 0 aromatic carbocycles. The Balaban J connectivity index is 1.56. The minimum Gasteiger partial charge on any atom is -0.359 e. The molecule has 1 fully saturated rings. The second-order valence-corrected chi connectivity index (χ2v) is 8.27. The molecule has 3 aromatic rings. The van der Waals surface area contributed by atoms with Crippen LogP contribution in [0.3, 0.4) is 0 Å². The Bertz CT molecular complexity index is 1180. The van der Waals surface area contributed by atoms with Gasteiger partial charge in [-0.1, -0.05) is 12.1 Å². The van der Waals surface area contributed by atoms with E-state index in [0.29, 0.717) is 22.3 Å². The van der Waals surface area contributed by atoms with Crippen LogP contribution in [0.1, 0.15) is 42.5 Å². The molecule has 3 aromatic heterocycles. The number of nitrogens with zero attached hydrogens (tertiary/aromatic N) is 3. The predicted octanol–water partition coefficient (Wildman–Crippen LogP) is 5.08. The van der Waals surface area contributed by atoms with Crippen LogP contribution in [0.5, 0.6) is 0 Å². The molecule has 4 rings (SSSR count). The largest absolute Gasteiger partial charge is 0.436 e. The number of nitrogens with one attached hydrogen (secondary N) is 1. The van der Waals surface area contributed by atoms with Gasteiger partial charge >= 0.3 is 6.18 Å². The molecule has 1 N–H and O–H groups in total. The molecule has 0 unspecified atom stereocenters. The SMILES string of the molecule is Cc1cc2c(cc(C)n2Cc2cc(C(F)(F)F)no2)nc1NC(=O)C[C@@]1(C)CC1(F)F. The summed E-state index contributed by atoms with van der Waals surface area (Å²) in [5, 5.41) is 5.65. The summed E-state index contributed by atoms with van der Waals surface area (Å²) in [5.41, 5.74) is -0.0233. The number of hydrogen-bond acceptors (Lipinski definition) is 4. The minimum absolute atomic E-state index is 0.0126. The Kier molecular flexibility index (Phi) is 4.64. The van der Waals surface area contributed by atoms with Gasteiger partial charge in [0.05, 0.1) is 17.6 Å². The number of hydrogen-bond donors (Lipinski definition) is 1. The molecule has 11 heteroatoms. The van der Waals surface area contributed by atoms with Crippen molar-refractivity contribution < 1.29 is 31.3 Å². The fourth-order valence-electron chi connectivity index (χ4n) is 3.58. The molecular formula is C20H19F5N4O2. The van der Waals surface area contributed by atoms with Gasteiger partial charge in [0, 0.05) is 30.0 Å². The third kappa shape index (κ3) is 3.88. The Labute approximate surface area is 173 Å². The van der Waals surface area contributed by atoms with Crippen molar-refractivity contribution >= 4 is 22.8 Å². The molecule has 0 bridgehead atoms. The average Bonchev–Trinajstić information content (AvgIpc) is 2.97. The molecule has 31 heavy (non-hydrogen) atoms. The van der Waals surface area contributed by atoms with Crippen molar-refractivity contribution in [2.24, 2.45) is 5.41 Å². The summed E-state index contributed by atoms with van der Waals surface area (Å²) >= 11 is 0. The van der Waals surface area contributed by atoms with Crippen LogP contribution in [0, 0.1) is 19.3 Å². The topological polar surface area (TPSA) is 73.0 Å². The summed E-state index contributed by atoms with van der Waals surface area (Å²) < 4.78 is 71.5. The normalized spacial score (nSPS) is 20.3. The number of pyridine rings is 1. The van der Waals surface area contributed by atoms with Gasteiger partial charge in [-0.25, -0.2) is 13.8 Å². The van der Waals surface area contributed by atoms with Crippen molar-refractivity contribution in [3.63, 3.8) is 0 Å². The van der Waals surface area contributed by atoms with Crippen molar-refractivity contribution in [2.45, 2.75) is 52.3 Å². The number of aryl methyl sites for hydroxylation is 2. The zero-order valence-corrected chi connectivity index (χ0v) is 16.9. The summed E-state index contributed by atoms with van der Waals surface area (Å²) in [6, 6.07) is 4.27. The smallest absolute Gasteiger partial charge is 0.359 e. The van der Waals surface area contributed by atoms with Crippen LogP contribution in [-0.2, 0) is 17.5 Å². The number of alkyl halides is 5. The van der Waals surface area contributed by atoms with Gasteiger partial charge in [0.25, 0.3) is 5.92 Å². The lowest BCUT2D eigenvalue weighted by Gasteiger charge is -2.12. The summed E-state index contributed by atoms with van der Waals surface area (Å²) in [6.07, 6.45) is -5.23.